The maximum Gasteiger partial charge on any atom is 0.285 e. The quantitative estimate of drug-likeness (QED) is 0.845. The first kappa shape index (κ1) is 11.9. The lowest BCUT2D eigenvalue weighted by Gasteiger charge is -2.24. The van der Waals surface area contributed by atoms with Crippen molar-refractivity contribution in [2.45, 2.75) is 33.2 Å². The number of amides is 1. The minimum absolute atomic E-state index is 0.0824. The molecule has 84 valence electrons. The van der Waals surface area contributed by atoms with Crippen molar-refractivity contribution in [3.05, 3.63) is 5.01 Å². The number of carbonyl (C=O) groups is 1. The predicted molar refractivity (Wildman–Crippen MR) is 60.8 cm³/mol. The lowest BCUT2D eigenvalue weighted by molar-refractivity contribution is 0.0704. The second-order valence-electron chi connectivity index (χ2n) is 3.54. The summed E-state index contributed by atoms with van der Waals surface area (Å²) in [4.78, 5) is 13.7. The van der Waals surface area contributed by atoms with Gasteiger partial charge in [0.15, 0.2) is 0 Å². The standard InChI is InChI=1S/C9H16N4OS/c1-4-5-13(6(2)3)8(14)7-11-12-9(10)15-7/h6H,4-5H2,1-3H3,(H2,10,12). The van der Waals surface area contributed by atoms with Crippen LogP contribution in [0.2, 0.25) is 0 Å². The van der Waals surface area contributed by atoms with Crippen molar-refractivity contribution in [1.82, 2.24) is 15.1 Å². The van der Waals surface area contributed by atoms with Crippen molar-refractivity contribution in [3.8, 4) is 0 Å². The molecule has 0 saturated carbocycles. The number of nitrogen functional groups attached to an aromatic ring is 1. The van der Waals surface area contributed by atoms with Crippen molar-refractivity contribution in [2.24, 2.45) is 0 Å². The molecule has 1 rings (SSSR count). The Bertz CT molecular complexity index is 337. The fourth-order valence-electron chi connectivity index (χ4n) is 1.28. The van der Waals surface area contributed by atoms with Gasteiger partial charge in [-0.25, -0.2) is 0 Å². The number of nitrogens with two attached hydrogens (primary N) is 1. The van der Waals surface area contributed by atoms with E-state index in [1.54, 1.807) is 4.90 Å². The number of aromatic nitrogens is 2. The van der Waals surface area contributed by atoms with Crippen LogP contribution in [0.25, 0.3) is 0 Å². The van der Waals surface area contributed by atoms with Gasteiger partial charge in [0.1, 0.15) is 0 Å². The third-order valence-corrected chi connectivity index (χ3v) is 2.71. The SMILES string of the molecule is CCCN(C(=O)c1nnc(N)s1)C(C)C. The highest BCUT2D eigenvalue weighted by Crippen LogP contribution is 2.15. The Kier molecular flexibility index (Phi) is 4.02. The minimum atomic E-state index is -0.0824. The van der Waals surface area contributed by atoms with Gasteiger partial charge in [-0.2, -0.15) is 0 Å². The largest absolute Gasteiger partial charge is 0.374 e. The van der Waals surface area contributed by atoms with E-state index < -0.39 is 0 Å². The lowest BCUT2D eigenvalue weighted by Crippen LogP contribution is -2.37. The molecule has 0 spiro atoms. The normalized spacial score (nSPS) is 10.7. The highest BCUT2D eigenvalue weighted by molar-refractivity contribution is 7.16. The summed E-state index contributed by atoms with van der Waals surface area (Å²) in [5, 5.41) is 8.09. The number of anilines is 1. The van der Waals surface area contributed by atoms with E-state index in [0.29, 0.717) is 10.1 Å². The van der Waals surface area contributed by atoms with Crippen LogP contribution in [0, 0.1) is 0 Å². The van der Waals surface area contributed by atoms with Crippen molar-refractivity contribution in [2.75, 3.05) is 12.3 Å². The predicted octanol–water partition coefficient (Wildman–Crippen LogP) is 1.38. The average molecular weight is 228 g/mol. The van der Waals surface area contributed by atoms with Gasteiger partial charge in [0.25, 0.3) is 5.91 Å². The first-order chi connectivity index (χ1) is 7.06. The van der Waals surface area contributed by atoms with E-state index in [-0.39, 0.29) is 11.9 Å². The van der Waals surface area contributed by atoms with Gasteiger partial charge in [-0.3, -0.25) is 4.79 Å². The molecule has 0 aliphatic carbocycles. The monoisotopic (exact) mass is 228 g/mol. The fraction of sp³-hybridized carbons (Fsp3) is 0.667. The van der Waals surface area contributed by atoms with Gasteiger partial charge < -0.3 is 10.6 Å². The van der Waals surface area contributed by atoms with Crippen LogP contribution < -0.4 is 5.73 Å². The van der Waals surface area contributed by atoms with E-state index in [1.807, 2.05) is 20.8 Å². The molecule has 0 bridgehead atoms. The maximum atomic E-state index is 12.0. The van der Waals surface area contributed by atoms with Crippen molar-refractivity contribution in [1.29, 1.82) is 0 Å². The summed E-state index contributed by atoms with van der Waals surface area (Å²) in [6.07, 6.45) is 0.929. The second-order valence-corrected chi connectivity index (χ2v) is 4.55. The molecule has 0 aliphatic rings. The van der Waals surface area contributed by atoms with E-state index >= 15 is 0 Å². The summed E-state index contributed by atoms with van der Waals surface area (Å²) in [5.41, 5.74) is 5.44. The molecule has 15 heavy (non-hydrogen) atoms. The first-order valence-corrected chi connectivity index (χ1v) is 5.77. The van der Waals surface area contributed by atoms with E-state index in [9.17, 15) is 4.79 Å². The molecule has 6 heteroatoms. The fourth-order valence-corrected chi connectivity index (χ4v) is 1.84. The van der Waals surface area contributed by atoms with Crippen molar-refractivity contribution >= 4 is 22.4 Å². The molecule has 1 aromatic heterocycles. The number of carbonyl (C=O) groups excluding carboxylic acids is 1. The van der Waals surface area contributed by atoms with Crippen LogP contribution in [-0.4, -0.2) is 33.6 Å². The van der Waals surface area contributed by atoms with Gasteiger partial charge in [-0.1, -0.05) is 18.3 Å². The Hall–Kier alpha value is -1.17. The number of hydrogen-bond donors (Lipinski definition) is 1. The number of hydrogen-bond acceptors (Lipinski definition) is 5. The molecule has 5 nitrogen and oxygen atoms in total. The summed E-state index contributed by atoms with van der Waals surface area (Å²) in [5.74, 6) is -0.0824. The van der Waals surface area contributed by atoms with Crippen LogP contribution in [0.4, 0.5) is 5.13 Å². The summed E-state index contributed by atoms with van der Waals surface area (Å²) < 4.78 is 0. The summed E-state index contributed by atoms with van der Waals surface area (Å²) in [6.45, 7) is 6.74. The minimum Gasteiger partial charge on any atom is -0.374 e. The highest BCUT2D eigenvalue weighted by atomic mass is 32.1. The molecule has 1 heterocycles. The number of nitrogens with zero attached hydrogens (tertiary/aromatic N) is 3. The van der Waals surface area contributed by atoms with E-state index in [1.165, 1.54) is 0 Å². The molecule has 0 aliphatic heterocycles. The van der Waals surface area contributed by atoms with Gasteiger partial charge in [0, 0.05) is 12.6 Å². The van der Waals surface area contributed by atoms with Crippen LogP contribution in [0.15, 0.2) is 0 Å². The van der Waals surface area contributed by atoms with Crippen LogP contribution >= 0.6 is 11.3 Å². The Balaban J connectivity index is 2.80. The smallest absolute Gasteiger partial charge is 0.285 e. The highest BCUT2D eigenvalue weighted by Gasteiger charge is 2.21. The van der Waals surface area contributed by atoms with E-state index in [2.05, 4.69) is 10.2 Å². The van der Waals surface area contributed by atoms with Gasteiger partial charge in [-0.05, 0) is 20.3 Å². The average Bonchev–Trinajstić information content (AvgIpc) is 2.59. The zero-order chi connectivity index (χ0) is 11.4. The van der Waals surface area contributed by atoms with Gasteiger partial charge in [0.05, 0.1) is 0 Å². The molecule has 0 unspecified atom stereocenters. The molecule has 0 fully saturated rings. The van der Waals surface area contributed by atoms with Crippen LogP contribution in [0.3, 0.4) is 0 Å². The molecule has 0 atom stereocenters. The zero-order valence-corrected chi connectivity index (χ0v) is 10.0. The first-order valence-electron chi connectivity index (χ1n) is 4.96. The molecule has 0 radical (unpaired) electrons. The Morgan fingerprint density at radius 1 is 1.53 bits per heavy atom. The third-order valence-electron chi connectivity index (χ3n) is 1.97. The molecule has 1 aromatic rings. The second kappa shape index (κ2) is 5.06. The Morgan fingerprint density at radius 3 is 2.60 bits per heavy atom. The van der Waals surface area contributed by atoms with Crippen molar-refractivity contribution in [3.63, 3.8) is 0 Å². The molecular weight excluding hydrogens is 212 g/mol. The third kappa shape index (κ3) is 2.89. The summed E-state index contributed by atoms with van der Waals surface area (Å²) in [6, 6.07) is 0.169. The Labute approximate surface area is 93.3 Å². The van der Waals surface area contributed by atoms with Crippen molar-refractivity contribution < 1.29 is 4.79 Å². The lowest BCUT2D eigenvalue weighted by atomic mass is 10.3. The molecule has 0 aromatic carbocycles. The van der Waals surface area contributed by atoms with Gasteiger partial charge in [0.2, 0.25) is 10.1 Å². The molecule has 1 amide bonds. The van der Waals surface area contributed by atoms with Gasteiger partial charge >= 0.3 is 0 Å². The summed E-state index contributed by atoms with van der Waals surface area (Å²) in [7, 11) is 0. The van der Waals surface area contributed by atoms with Gasteiger partial charge in [-0.15, -0.1) is 10.2 Å². The van der Waals surface area contributed by atoms with Crippen LogP contribution in [0.1, 0.15) is 37.0 Å². The van der Waals surface area contributed by atoms with Crippen LogP contribution in [0.5, 0.6) is 0 Å². The molecular formula is C9H16N4OS. The molecule has 2 N–H and O–H groups in total. The topological polar surface area (TPSA) is 72.1 Å². The summed E-state index contributed by atoms with van der Waals surface area (Å²) >= 11 is 1.13. The zero-order valence-electron chi connectivity index (χ0n) is 9.23. The van der Waals surface area contributed by atoms with E-state index in [4.69, 9.17) is 5.73 Å². The van der Waals surface area contributed by atoms with Crippen LogP contribution in [-0.2, 0) is 0 Å². The Morgan fingerprint density at radius 2 is 2.20 bits per heavy atom. The molecule has 0 saturated heterocycles. The maximum absolute atomic E-state index is 12.0. The van der Waals surface area contributed by atoms with E-state index in [0.717, 1.165) is 24.3 Å². The number of rotatable bonds is 4.